The quantitative estimate of drug-likeness (QED) is 0.729. The Morgan fingerprint density at radius 3 is 2.62 bits per heavy atom. The second-order valence-corrected chi connectivity index (χ2v) is 4.29. The molecule has 0 aromatic heterocycles. The minimum atomic E-state index is -1.07. The number of carboxylic acid groups (broad SMARTS) is 1. The van der Waals surface area contributed by atoms with Crippen LogP contribution < -0.4 is 15.8 Å². The number of carboxylic acids is 1. The summed E-state index contributed by atoms with van der Waals surface area (Å²) in [4.78, 5) is 22.5. The van der Waals surface area contributed by atoms with Crippen molar-refractivity contribution in [2.24, 2.45) is 0 Å². The van der Waals surface area contributed by atoms with Crippen molar-refractivity contribution in [3.8, 4) is 5.75 Å². The Balaban J connectivity index is 2.07. The number of carbonyl (C=O) groups excluding carboxylic acids is 1. The Labute approximate surface area is 121 Å². The summed E-state index contributed by atoms with van der Waals surface area (Å²) in [5, 5.41) is 11.2. The summed E-state index contributed by atoms with van der Waals surface area (Å²) in [7, 11) is 0. The summed E-state index contributed by atoms with van der Waals surface area (Å²) in [6, 6.07) is 13.1. The average Bonchev–Trinajstić information content (AvgIpc) is 2.45. The van der Waals surface area contributed by atoms with Gasteiger partial charge < -0.3 is 20.9 Å². The minimum Gasteiger partial charge on any atom is -0.482 e. The number of carbonyl (C=O) groups is 2. The maximum Gasteiger partial charge on any atom is 0.341 e. The lowest BCUT2D eigenvalue weighted by Gasteiger charge is -2.08. The lowest BCUT2D eigenvalue weighted by atomic mass is 10.2. The maximum atomic E-state index is 12.0. The van der Waals surface area contributed by atoms with E-state index in [0.717, 1.165) is 0 Å². The van der Waals surface area contributed by atoms with E-state index in [1.807, 2.05) is 0 Å². The van der Waals surface area contributed by atoms with Crippen molar-refractivity contribution in [2.75, 3.05) is 17.7 Å². The molecular formula is C15H14N2O4. The van der Waals surface area contributed by atoms with E-state index in [0.29, 0.717) is 22.7 Å². The van der Waals surface area contributed by atoms with Crippen LogP contribution >= 0.6 is 0 Å². The highest BCUT2D eigenvalue weighted by Gasteiger charge is 2.07. The zero-order valence-corrected chi connectivity index (χ0v) is 11.1. The molecule has 108 valence electrons. The molecule has 0 aliphatic heterocycles. The first kappa shape index (κ1) is 14.4. The molecule has 0 radical (unpaired) electrons. The van der Waals surface area contributed by atoms with Crippen LogP contribution in [-0.4, -0.2) is 23.6 Å². The van der Waals surface area contributed by atoms with E-state index < -0.39 is 12.6 Å². The molecule has 0 unspecified atom stereocenters. The van der Waals surface area contributed by atoms with Gasteiger partial charge >= 0.3 is 5.97 Å². The van der Waals surface area contributed by atoms with Gasteiger partial charge in [0, 0.05) is 23.0 Å². The van der Waals surface area contributed by atoms with Gasteiger partial charge in [-0.2, -0.15) is 0 Å². The van der Waals surface area contributed by atoms with Gasteiger partial charge in [-0.1, -0.05) is 12.1 Å². The molecular weight excluding hydrogens is 272 g/mol. The highest BCUT2D eigenvalue weighted by molar-refractivity contribution is 6.04. The minimum absolute atomic E-state index is 0.308. The van der Waals surface area contributed by atoms with Crippen molar-refractivity contribution in [3.05, 3.63) is 54.1 Å². The average molecular weight is 286 g/mol. The predicted molar refractivity (Wildman–Crippen MR) is 78.4 cm³/mol. The molecule has 0 spiro atoms. The number of ether oxygens (including phenoxy) is 1. The fourth-order valence-electron chi connectivity index (χ4n) is 1.69. The molecule has 0 fully saturated rings. The molecule has 0 atom stereocenters. The number of aliphatic carboxylic acids is 1. The zero-order chi connectivity index (χ0) is 15.2. The summed E-state index contributed by atoms with van der Waals surface area (Å²) < 4.78 is 5.04. The Morgan fingerprint density at radius 1 is 1.14 bits per heavy atom. The topological polar surface area (TPSA) is 102 Å². The van der Waals surface area contributed by atoms with Gasteiger partial charge in [-0.3, -0.25) is 4.79 Å². The first-order chi connectivity index (χ1) is 10.0. The van der Waals surface area contributed by atoms with E-state index in [9.17, 15) is 9.59 Å². The standard InChI is InChI=1S/C15H14N2O4/c16-11-4-1-3-10(7-11)15(20)17-12-5-2-6-13(8-12)21-9-14(18)19/h1-8H,9,16H2,(H,17,20)(H,18,19). The van der Waals surface area contributed by atoms with Crippen LogP contribution in [0.2, 0.25) is 0 Å². The lowest BCUT2D eigenvalue weighted by molar-refractivity contribution is -0.139. The number of benzene rings is 2. The number of hydrogen-bond donors (Lipinski definition) is 3. The van der Waals surface area contributed by atoms with Crippen LogP contribution in [0, 0.1) is 0 Å². The van der Waals surface area contributed by atoms with Gasteiger partial charge in [0.2, 0.25) is 0 Å². The van der Waals surface area contributed by atoms with Gasteiger partial charge in [-0.05, 0) is 30.3 Å². The summed E-state index contributed by atoms with van der Waals surface area (Å²) >= 11 is 0. The third-order valence-corrected chi connectivity index (χ3v) is 2.60. The highest BCUT2D eigenvalue weighted by Crippen LogP contribution is 2.18. The van der Waals surface area contributed by atoms with Crippen LogP contribution in [0.4, 0.5) is 11.4 Å². The number of nitrogens with two attached hydrogens (primary N) is 1. The van der Waals surface area contributed by atoms with E-state index in [-0.39, 0.29) is 5.91 Å². The van der Waals surface area contributed by atoms with Crippen molar-refractivity contribution in [1.29, 1.82) is 0 Å². The van der Waals surface area contributed by atoms with Crippen molar-refractivity contribution in [3.63, 3.8) is 0 Å². The predicted octanol–water partition coefficient (Wildman–Crippen LogP) is 1.98. The SMILES string of the molecule is Nc1cccc(C(=O)Nc2cccc(OCC(=O)O)c2)c1. The molecule has 0 aliphatic carbocycles. The molecule has 1 amide bonds. The molecule has 0 saturated carbocycles. The number of nitrogens with one attached hydrogen (secondary N) is 1. The van der Waals surface area contributed by atoms with Crippen LogP contribution in [0.3, 0.4) is 0 Å². The van der Waals surface area contributed by atoms with Crippen LogP contribution in [-0.2, 0) is 4.79 Å². The first-order valence-corrected chi connectivity index (χ1v) is 6.16. The smallest absolute Gasteiger partial charge is 0.341 e. The Hall–Kier alpha value is -3.02. The van der Waals surface area contributed by atoms with Crippen LogP contribution in [0.25, 0.3) is 0 Å². The molecule has 6 nitrogen and oxygen atoms in total. The van der Waals surface area contributed by atoms with Gasteiger partial charge in [0.15, 0.2) is 6.61 Å². The molecule has 4 N–H and O–H groups in total. The highest BCUT2D eigenvalue weighted by atomic mass is 16.5. The number of hydrogen-bond acceptors (Lipinski definition) is 4. The third kappa shape index (κ3) is 4.24. The fraction of sp³-hybridized carbons (Fsp3) is 0.0667. The number of nitrogen functional groups attached to an aromatic ring is 1. The van der Waals surface area contributed by atoms with Crippen molar-refractivity contribution in [2.45, 2.75) is 0 Å². The summed E-state index contributed by atoms with van der Waals surface area (Å²) in [5.74, 6) is -1.01. The monoisotopic (exact) mass is 286 g/mol. The van der Waals surface area contributed by atoms with Crippen molar-refractivity contribution < 1.29 is 19.4 Å². The molecule has 0 saturated heterocycles. The largest absolute Gasteiger partial charge is 0.482 e. The molecule has 2 rings (SSSR count). The third-order valence-electron chi connectivity index (χ3n) is 2.60. The molecule has 21 heavy (non-hydrogen) atoms. The summed E-state index contributed by atoms with van der Waals surface area (Å²) in [5.41, 5.74) is 7.07. The summed E-state index contributed by atoms with van der Waals surface area (Å²) in [6.07, 6.45) is 0. The van der Waals surface area contributed by atoms with E-state index >= 15 is 0 Å². The molecule has 2 aromatic carbocycles. The van der Waals surface area contributed by atoms with Gasteiger partial charge in [-0.25, -0.2) is 4.79 Å². The van der Waals surface area contributed by atoms with Crippen molar-refractivity contribution in [1.82, 2.24) is 0 Å². The Kier molecular flexibility index (Phi) is 4.40. The van der Waals surface area contributed by atoms with E-state index in [1.54, 1.807) is 48.5 Å². The second kappa shape index (κ2) is 6.42. The normalized spacial score (nSPS) is 9.90. The first-order valence-electron chi connectivity index (χ1n) is 6.16. The lowest BCUT2D eigenvalue weighted by Crippen LogP contribution is -2.13. The van der Waals surface area contributed by atoms with Gasteiger partial charge in [0.25, 0.3) is 5.91 Å². The maximum absolute atomic E-state index is 12.0. The Morgan fingerprint density at radius 2 is 1.90 bits per heavy atom. The number of amides is 1. The van der Waals surface area contributed by atoms with Gasteiger partial charge in [0.05, 0.1) is 0 Å². The van der Waals surface area contributed by atoms with Gasteiger partial charge in [0.1, 0.15) is 5.75 Å². The van der Waals surface area contributed by atoms with E-state index in [1.165, 1.54) is 0 Å². The van der Waals surface area contributed by atoms with Crippen molar-refractivity contribution >= 4 is 23.3 Å². The van der Waals surface area contributed by atoms with Crippen LogP contribution in [0.15, 0.2) is 48.5 Å². The molecule has 2 aromatic rings. The van der Waals surface area contributed by atoms with Crippen LogP contribution in [0.1, 0.15) is 10.4 Å². The fourth-order valence-corrected chi connectivity index (χ4v) is 1.69. The number of anilines is 2. The molecule has 0 bridgehead atoms. The molecule has 0 aliphatic rings. The molecule has 0 heterocycles. The summed E-state index contributed by atoms with van der Waals surface area (Å²) in [6.45, 7) is -0.438. The van der Waals surface area contributed by atoms with E-state index in [4.69, 9.17) is 15.6 Å². The number of rotatable bonds is 5. The van der Waals surface area contributed by atoms with E-state index in [2.05, 4.69) is 5.32 Å². The van der Waals surface area contributed by atoms with Gasteiger partial charge in [-0.15, -0.1) is 0 Å². The Bertz CT molecular complexity index is 670. The van der Waals surface area contributed by atoms with Crippen LogP contribution in [0.5, 0.6) is 5.75 Å². The second-order valence-electron chi connectivity index (χ2n) is 4.29. The molecule has 6 heteroatoms. The zero-order valence-electron chi connectivity index (χ0n) is 11.1.